The van der Waals surface area contributed by atoms with Crippen molar-refractivity contribution in [3.8, 4) is 0 Å². The molecule has 0 spiro atoms. The number of benzene rings is 1. The monoisotopic (exact) mass is 449 g/mol. The molecule has 0 aliphatic heterocycles. The Hall–Kier alpha value is -2.19. The summed E-state index contributed by atoms with van der Waals surface area (Å²) >= 11 is 0. The number of hydrogen-bond acceptors (Lipinski definition) is 5. The number of sulfonamides is 1. The quantitative estimate of drug-likeness (QED) is 0.556. The fourth-order valence-corrected chi connectivity index (χ4v) is 5.09. The number of aromatic nitrogens is 1. The number of carbonyl (C=O) groups is 1. The predicted octanol–water partition coefficient (Wildman–Crippen LogP) is 4.67. The van der Waals surface area contributed by atoms with Gasteiger partial charge in [0.25, 0.3) is 0 Å². The van der Waals surface area contributed by atoms with E-state index in [4.69, 9.17) is 4.74 Å². The third-order valence-corrected chi connectivity index (χ3v) is 7.03. The number of fused-ring (bicyclic) bond motifs is 1. The zero-order chi connectivity index (χ0) is 23.2. The molecule has 0 unspecified atom stereocenters. The van der Waals surface area contributed by atoms with E-state index in [-0.39, 0.29) is 11.4 Å². The SMILES string of the molecule is CCCCN(C[C@@H](C)N(CC)S(=O)(=O)c1ccc2cnccc2c1)C(=O)OC(C)(C)C. The van der Waals surface area contributed by atoms with E-state index in [0.717, 1.165) is 23.6 Å². The fourth-order valence-electron chi connectivity index (χ4n) is 3.42. The summed E-state index contributed by atoms with van der Waals surface area (Å²) < 4.78 is 33.8. The molecule has 1 aromatic carbocycles. The Balaban J connectivity index is 2.27. The van der Waals surface area contributed by atoms with Crippen LogP contribution in [0, 0.1) is 0 Å². The molecule has 2 aromatic rings. The van der Waals surface area contributed by atoms with E-state index in [1.807, 2.05) is 34.6 Å². The van der Waals surface area contributed by atoms with Gasteiger partial charge in [0.05, 0.1) is 4.90 Å². The van der Waals surface area contributed by atoms with Crippen molar-refractivity contribution < 1.29 is 17.9 Å². The van der Waals surface area contributed by atoms with Crippen LogP contribution in [0.1, 0.15) is 54.4 Å². The van der Waals surface area contributed by atoms with Crippen LogP contribution in [0.25, 0.3) is 10.8 Å². The van der Waals surface area contributed by atoms with Crippen molar-refractivity contribution in [2.24, 2.45) is 0 Å². The Labute approximate surface area is 186 Å². The average Bonchev–Trinajstić information content (AvgIpc) is 2.69. The molecule has 1 heterocycles. The van der Waals surface area contributed by atoms with Crippen LogP contribution >= 0.6 is 0 Å². The van der Waals surface area contributed by atoms with Crippen molar-refractivity contribution in [1.29, 1.82) is 0 Å². The lowest BCUT2D eigenvalue weighted by atomic mass is 10.2. The number of carbonyl (C=O) groups excluding carboxylic acids is 1. The molecular weight excluding hydrogens is 414 g/mol. The Bertz CT molecular complexity index is 986. The zero-order valence-electron chi connectivity index (χ0n) is 19.5. The molecule has 0 N–H and O–H groups in total. The Morgan fingerprint density at radius 1 is 1.16 bits per heavy atom. The molecule has 8 heteroatoms. The predicted molar refractivity (Wildman–Crippen MR) is 123 cm³/mol. The molecule has 0 radical (unpaired) electrons. The second-order valence-electron chi connectivity index (χ2n) is 8.72. The molecule has 0 fully saturated rings. The first-order valence-electron chi connectivity index (χ1n) is 10.8. The normalized spacial score (nSPS) is 13.4. The van der Waals surface area contributed by atoms with Gasteiger partial charge in [0.2, 0.25) is 10.0 Å². The lowest BCUT2D eigenvalue weighted by Crippen LogP contribution is -2.48. The highest BCUT2D eigenvalue weighted by atomic mass is 32.2. The highest BCUT2D eigenvalue weighted by molar-refractivity contribution is 7.89. The van der Waals surface area contributed by atoms with Gasteiger partial charge in [0.15, 0.2) is 0 Å². The minimum absolute atomic E-state index is 0.234. The van der Waals surface area contributed by atoms with Gasteiger partial charge >= 0.3 is 6.09 Å². The second-order valence-corrected chi connectivity index (χ2v) is 10.6. The molecule has 7 nitrogen and oxygen atoms in total. The van der Waals surface area contributed by atoms with Gasteiger partial charge in [-0.25, -0.2) is 13.2 Å². The molecule has 0 bridgehead atoms. The molecular formula is C23H35N3O4S. The van der Waals surface area contributed by atoms with Crippen molar-refractivity contribution >= 4 is 26.9 Å². The molecule has 1 amide bonds. The van der Waals surface area contributed by atoms with Crippen LogP contribution in [0.4, 0.5) is 4.79 Å². The molecule has 0 saturated carbocycles. The summed E-state index contributed by atoms with van der Waals surface area (Å²) in [6.45, 7) is 12.2. The Morgan fingerprint density at radius 2 is 1.87 bits per heavy atom. The van der Waals surface area contributed by atoms with Gasteiger partial charge in [-0.15, -0.1) is 0 Å². The number of pyridine rings is 1. The number of likely N-dealkylation sites (N-methyl/N-ethyl adjacent to an activating group) is 1. The molecule has 172 valence electrons. The van der Waals surface area contributed by atoms with Gasteiger partial charge in [-0.2, -0.15) is 4.31 Å². The van der Waals surface area contributed by atoms with Crippen molar-refractivity contribution in [1.82, 2.24) is 14.2 Å². The lowest BCUT2D eigenvalue weighted by Gasteiger charge is -2.33. The Kier molecular flexibility index (Phi) is 8.42. The summed E-state index contributed by atoms with van der Waals surface area (Å²) in [5, 5.41) is 1.70. The third-order valence-electron chi connectivity index (χ3n) is 4.94. The lowest BCUT2D eigenvalue weighted by molar-refractivity contribution is 0.0216. The van der Waals surface area contributed by atoms with Gasteiger partial charge < -0.3 is 9.64 Å². The van der Waals surface area contributed by atoms with Crippen molar-refractivity contribution in [2.75, 3.05) is 19.6 Å². The first kappa shape index (κ1) is 25.1. The third kappa shape index (κ3) is 6.64. The number of amides is 1. The number of nitrogens with zero attached hydrogens (tertiary/aromatic N) is 3. The zero-order valence-corrected chi connectivity index (χ0v) is 20.3. The van der Waals surface area contributed by atoms with Gasteiger partial charge in [0.1, 0.15) is 5.60 Å². The van der Waals surface area contributed by atoms with Crippen molar-refractivity contribution in [3.05, 3.63) is 36.7 Å². The average molecular weight is 450 g/mol. The van der Waals surface area contributed by atoms with E-state index in [1.165, 1.54) is 4.31 Å². The molecule has 31 heavy (non-hydrogen) atoms. The second kappa shape index (κ2) is 10.4. The van der Waals surface area contributed by atoms with Crippen molar-refractivity contribution in [3.63, 3.8) is 0 Å². The summed E-state index contributed by atoms with van der Waals surface area (Å²) in [5.41, 5.74) is -0.610. The van der Waals surface area contributed by atoms with Crippen LogP contribution in [0.2, 0.25) is 0 Å². The molecule has 1 atom stereocenters. The Morgan fingerprint density at radius 3 is 2.48 bits per heavy atom. The maximum absolute atomic E-state index is 13.4. The molecule has 0 saturated heterocycles. The van der Waals surface area contributed by atoms with E-state index in [2.05, 4.69) is 11.9 Å². The van der Waals surface area contributed by atoms with Crippen LogP contribution in [0.15, 0.2) is 41.6 Å². The van der Waals surface area contributed by atoms with Crippen molar-refractivity contribution in [2.45, 2.75) is 70.9 Å². The van der Waals surface area contributed by atoms with Crippen LogP contribution in [0.5, 0.6) is 0 Å². The number of ether oxygens (including phenoxy) is 1. The molecule has 1 aromatic heterocycles. The van der Waals surface area contributed by atoms with Crippen LogP contribution < -0.4 is 0 Å². The van der Waals surface area contributed by atoms with Gasteiger partial charge in [0, 0.05) is 43.5 Å². The maximum atomic E-state index is 13.4. The summed E-state index contributed by atoms with van der Waals surface area (Å²) in [6.07, 6.45) is 4.68. The first-order chi connectivity index (χ1) is 14.5. The van der Waals surface area contributed by atoms with E-state index in [1.54, 1.807) is 41.6 Å². The van der Waals surface area contributed by atoms with Gasteiger partial charge in [-0.05, 0) is 57.7 Å². The topological polar surface area (TPSA) is 79.8 Å². The van der Waals surface area contributed by atoms with E-state index >= 15 is 0 Å². The van der Waals surface area contributed by atoms with Crippen LogP contribution in [0.3, 0.4) is 0 Å². The largest absolute Gasteiger partial charge is 0.444 e. The van der Waals surface area contributed by atoms with Gasteiger partial charge in [-0.3, -0.25) is 4.98 Å². The molecule has 0 aliphatic carbocycles. The maximum Gasteiger partial charge on any atom is 0.410 e. The fraction of sp³-hybridized carbons (Fsp3) is 0.565. The molecule has 0 aliphatic rings. The first-order valence-corrected chi connectivity index (χ1v) is 12.3. The highest BCUT2D eigenvalue weighted by Crippen LogP contribution is 2.23. The number of unbranched alkanes of at least 4 members (excludes halogenated alkanes) is 1. The number of hydrogen-bond donors (Lipinski definition) is 0. The number of rotatable bonds is 9. The van der Waals surface area contributed by atoms with Crippen LogP contribution in [-0.2, 0) is 14.8 Å². The highest BCUT2D eigenvalue weighted by Gasteiger charge is 2.31. The summed E-state index contributed by atoms with van der Waals surface area (Å²) in [6, 6.07) is 6.43. The summed E-state index contributed by atoms with van der Waals surface area (Å²) in [5.74, 6) is 0. The van der Waals surface area contributed by atoms with Gasteiger partial charge in [-0.1, -0.05) is 26.3 Å². The molecule has 2 rings (SSSR count). The summed E-state index contributed by atoms with van der Waals surface area (Å²) in [7, 11) is -3.73. The van der Waals surface area contributed by atoms with E-state index in [9.17, 15) is 13.2 Å². The van der Waals surface area contributed by atoms with E-state index < -0.39 is 27.8 Å². The minimum atomic E-state index is -3.73. The van der Waals surface area contributed by atoms with E-state index in [0.29, 0.717) is 13.1 Å². The minimum Gasteiger partial charge on any atom is -0.444 e. The summed E-state index contributed by atoms with van der Waals surface area (Å²) in [4.78, 5) is 18.6. The van der Waals surface area contributed by atoms with Crippen LogP contribution in [-0.4, -0.2) is 60.0 Å². The smallest absolute Gasteiger partial charge is 0.410 e. The standard InChI is InChI=1S/C23H35N3O4S/c1-7-9-14-25(22(27)30-23(4,5)6)17-18(3)26(8-2)31(28,29)21-11-10-20-16-24-13-12-19(20)15-21/h10-13,15-16,18H,7-9,14,17H2,1-6H3/t18-/m1/s1.